The van der Waals surface area contributed by atoms with Crippen molar-refractivity contribution >= 4 is 5.97 Å². The predicted molar refractivity (Wildman–Crippen MR) is 113 cm³/mol. The minimum atomic E-state index is -0.338. The molecule has 0 aliphatic rings. The summed E-state index contributed by atoms with van der Waals surface area (Å²) < 4.78 is 47.2. The van der Waals surface area contributed by atoms with Crippen molar-refractivity contribution in [1.82, 2.24) is 0 Å². The molecule has 0 heterocycles. The van der Waals surface area contributed by atoms with Crippen molar-refractivity contribution in [3.05, 3.63) is 0 Å². The van der Waals surface area contributed by atoms with Crippen LogP contribution in [-0.4, -0.2) is 119 Å². The highest BCUT2D eigenvalue weighted by atomic mass is 16.6. The van der Waals surface area contributed by atoms with Gasteiger partial charge in [0.2, 0.25) is 0 Å². The van der Waals surface area contributed by atoms with Gasteiger partial charge in [-0.05, 0) is 6.42 Å². The lowest BCUT2D eigenvalue weighted by Gasteiger charge is -2.08. The maximum atomic E-state index is 11.3. The Bertz CT molecular complexity index is 357. The third kappa shape index (κ3) is 27.1. The van der Waals surface area contributed by atoms with Crippen LogP contribution in [0.1, 0.15) is 19.8 Å². The fourth-order valence-electron chi connectivity index (χ4n) is 1.99. The van der Waals surface area contributed by atoms with Crippen LogP contribution in [-0.2, 0) is 47.4 Å². The maximum absolute atomic E-state index is 11.3. The molecule has 0 N–H and O–H groups in total. The highest BCUT2D eigenvalue weighted by Crippen LogP contribution is 1.90. The van der Waals surface area contributed by atoms with Crippen molar-refractivity contribution in [1.29, 1.82) is 0 Å². The summed E-state index contributed by atoms with van der Waals surface area (Å²) in [7, 11) is 1.64. The van der Waals surface area contributed by atoms with E-state index < -0.39 is 0 Å². The van der Waals surface area contributed by atoms with Gasteiger partial charge in [0.05, 0.1) is 99.1 Å². The second-order valence-corrected chi connectivity index (χ2v) is 6.29. The SMILES string of the molecule is CCCCOC(=O)COCCOCCOCCOCCOCCOCCOCCOC. The summed E-state index contributed by atoms with van der Waals surface area (Å²) in [5.74, 6) is -0.338. The van der Waals surface area contributed by atoms with Crippen LogP contribution in [0.5, 0.6) is 0 Å². The summed E-state index contributed by atoms with van der Waals surface area (Å²) in [6, 6.07) is 0. The molecular formula is C21H42O10. The smallest absolute Gasteiger partial charge is 0.332 e. The van der Waals surface area contributed by atoms with Crippen molar-refractivity contribution in [2.24, 2.45) is 0 Å². The molecular weight excluding hydrogens is 412 g/mol. The summed E-state index contributed by atoms with van der Waals surface area (Å²) in [4.78, 5) is 11.3. The average molecular weight is 455 g/mol. The van der Waals surface area contributed by atoms with E-state index >= 15 is 0 Å². The third-order valence-corrected chi connectivity index (χ3v) is 3.64. The molecule has 10 nitrogen and oxygen atoms in total. The van der Waals surface area contributed by atoms with E-state index in [2.05, 4.69) is 0 Å². The Morgan fingerprint density at radius 3 is 1.23 bits per heavy atom. The fourth-order valence-corrected chi connectivity index (χ4v) is 1.99. The van der Waals surface area contributed by atoms with E-state index in [9.17, 15) is 4.79 Å². The zero-order valence-electron chi connectivity index (χ0n) is 19.3. The largest absolute Gasteiger partial charge is 0.464 e. The van der Waals surface area contributed by atoms with E-state index in [0.29, 0.717) is 99.1 Å². The minimum Gasteiger partial charge on any atom is -0.464 e. The molecule has 0 aliphatic carbocycles. The standard InChI is InChI=1S/C21H42O10/c1-3-4-5-31-21(22)20-30-19-18-29-17-16-28-15-14-27-13-12-26-11-10-25-9-8-24-7-6-23-2/h3-20H2,1-2H3. The van der Waals surface area contributed by atoms with Gasteiger partial charge >= 0.3 is 5.97 Å². The highest BCUT2D eigenvalue weighted by molar-refractivity contribution is 5.70. The average Bonchev–Trinajstić information content (AvgIpc) is 2.77. The predicted octanol–water partition coefficient (Wildman–Crippen LogP) is 1.09. The molecule has 0 fully saturated rings. The second kappa shape index (κ2) is 27.2. The molecule has 0 atom stereocenters. The molecule has 186 valence electrons. The zero-order chi connectivity index (χ0) is 22.7. The van der Waals surface area contributed by atoms with E-state index in [-0.39, 0.29) is 12.6 Å². The van der Waals surface area contributed by atoms with E-state index in [1.165, 1.54) is 0 Å². The number of esters is 1. The first kappa shape index (κ1) is 30.1. The fraction of sp³-hybridized carbons (Fsp3) is 0.952. The molecule has 31 heavy (non-hydrogen) atoms. The molecule has 0 saturated carbocycles. The summed E-state index contributed by atoms with van der Waals surface area (Å²) in [6.45, 7) is 9.51. The lowest BCUT2D eigenvalue weighted by atomic mass is 10.4. The summed E-state index contributed by atoms with van der Waals surface area (Å²) >= 11 is 0. The van der Waals surface area contributed by atoms with Crippen molar-refractivity contribution in [2.45, 2.75) is 19.8 Å². The molecule has 0 rings (SSSR count). The van der Waals surface area contributed by atoms with Crippen molar-refractivity contribution in [2.75, 3.05) is 113 Å². The molecule has 0 saturated heterocycles. The van der Waals surface area contributed by atoms with Gasteiger partial charge in [0.25, 0.3) is 0 Å². The van der Waals surface area contributed by atoms with Gasteiger partial charge in [-0.2, -0.15) is 0 Å². The van der Waals surface area contributed by atoms with E-state index in [1.54, 1.807) is 7.11 Å². The summed E-state index contributed by atoms with van der Waals surface area (Å²) in [6.07, 6.45) is 1.87. The first-order valence-electron chi connectivity index (χ1n) is 11.0. The Balaban J connectivity index is 3.06. The molecule has 0 unspecified atom stereocenters. The van der Waals surface area contributed by atoms with Gasteiger partial charge in [0.15, 0.2) is 0 Å². The van der Waals surface area contributed by atoms with Gasteiger partial charge in [-0.1, -0.05) is 13.3 Å². The van der Waals surface area contributed by atoms with E-state index in [4.69, 9.17) is 42.6 Å². The maximum Gasteiger partial charge on any atom is 0.332 e. The number of ether oxygens (including phenoxy) is 9. The van der Waals surface area contributed by atoms with Crippen LogP contribution in [0.3, 0.4) is 0 Å². The Morgan fingerprint density at radius 1 is 0.516 bits per heavy atom. The van der Waals surface area contributed by atoms with E-state index in [0.717, 1.165) is 12.8 Å². The van der Waals surface area contributed by atoms with Crippen LogP contribution >= 0.6 is 0 Å². The molecule has 0 radical (unpaired) electrons. The summed E-state index contributed by atoms with van der Waals surface area (Å²) in [5.41, 5.74) is 0. The molecule has 0 spiro atoms. The molecule has 10 heteroatoms. The Morgan fingerprint density at radius 2 is 0.871 bits per heavy atom. The molecule has 0 aromatic heterocycles. The third-order valence-electron chi connectivity index (χ3n) is 3.64. The first-order chi connectivity index (χ1) is 15.3. The number of carbonyl (C=O) groups is 1. The Labute approximate surface area is 186 Å². The Kier molecular flexibility index (Phi) is 26.4. The molecule has 0 aromatic rings. The monoisotopic (exact) mass is 454 g/mol. The normalized spacial score (nSPS) is 11.2. The topological polar surface area (TPSA) is 100 Å². The molecule has 0 amide bonds. The van der Waals surface area contributed by atoms with Crippen LogP contribution in [0.4, 0.5) is 0 Å². The van der Waals surface area contributed by atoms with Gasteiger partial charge in [-0.25, -0.2) is 4.79 Å². The van der Waals surface area contributed by atoms with Crippen molar-refractivity contribution < 1.29 is 47.4 Å². The van der Waals surface area contributed by atoms with Crippen LogP contribution in [0.15, 0.2) is 0 Å². The molecule has 0 aliphatic heterocycles. The number of methoxy groups -OCH3 is 1. The first-order valence-corrected chi connectivity index (χ1v) is 11.0. The van der Waals surface area contributed by atoms with Crippen LogP contribution in [0.2, 0.25) is 0 Å². The van der Waals surface area contributed by atoms with Gasteiger partial charge < -0.3 is 42.6 Å². The minimum absolute atomic E-state index is 0.0398. The number of hydrogen-bond acceptors (Lipinski definition) is 10. The Hall–Kier alpha value is -0.850. The van der Waals surface area contributed by atoms with E-state index in [1.807, 2.05) is 6.92 Å². The second-order valence-electron chi connectivity index (χ2n) is 6.29. The van der Waals surface area contributed by atoms with Gasteiger partial charge in [0.1, 0.15) is 6.61 Å². The van der Waals surface area contributed by atoms with Crippen LogP contribution < -0.4 is 0 Å². The van der Waals surface area contributed by atoms with Crippen molar-refractivity contribution in [3.8, 4) is 0 Å². The summed E-state index contributed by atoms with van der Waals surface area (Å²) in [5, 5.41) is 0. The van der Waals surface area contributed by atoms with Crippen molar-refractivity contribution in [3.63, 3.8) is 0 Å². The highest BCUT2D eigenvalue weighted by Gasteiger charge is 2.02. The van der Waals surface area contributed by atoms with Crippen LogP contribution in [0, 0.1) is 0 Å². The van der Waals surface area contributed by atoms with Gasteiger partial charge in [-0.3, -0.25) is 0 Å². The number of hydrogen-bond donors (Lipinski definition) is 0. The zero-order valence-corrected chi connectivity index (χ0v) is 19.3. The molecule has 0 bridgehead atoms. The van der Waals surface area contributed by atoms with Gasteiger partial charge in [0, 0.05) is 7.11 Å². The lowest BCUT2D eigenvalue weighted by molar-refractivity contribution is -0.149. The number of rotatable bonds is 26. The van der Waals surface area contributed by atoms with Gasteiger partial charge in [-0.15, -0.1) is 0 Å². The lowest BCUT2D eigenvalue weighted by Crippen LogP contribution is -2.17. The number of unbranched alkanes of at least 4 members (excludes halogenated alkanes) is 1. The number of carbonyl (C=O) groups excluding carboxylic acids is 1. The quantitative estimate of drug-likeness (QED) is 0.139. The van der Waals surface area contributed by atoms with Crippen LogP contribution in [0.25, 0.3) is 0 Å². The molecule has 0 aromatic carbocycles.